The third-order valence-electron chi connectivity index (χ3n) is 4.83. The lowest BCUT2D eigenvalue weighted by atomic mass is 9.83. The summed E-state index contributed by atoms with van der Waals surface area (Å²) in [5, 5.41) is 19.8. The van der Waals surface area contributed by atoms with Gasteiger partial charge in [-0.2, -0.15) is 0 Å². The van der Waals surface area contributed by atoms with Crippen molar-refractivity contribution in [2.75, 3.05) is 20.3 Å². The molecule has 3 N–H and O–H groups in total. The molecule has 0 aromatic carbocycles. The van der Waals surface area contributed by atoms with Gasteiger partial charge in [-0.05, 0) is 31.6 Å². The van der Waals surface area contributed by atoms with Crippen LogP contribution in [-0.4, -0.2) is 60.3 Å². The molecular formula is C19H33N3O6. The van der Waals surface area contributed by atoms with Crippen LogP contribution >= 0.6 is 0 Å². The number of likely N-dealkylation sites (N-methyl/N-ethyl adjacent to an activating group) is 1. The van der Waals surface area contributed by atoms with Gasteiger partial charge in [0, 0.05) is 7.05 Å². The molecule has 160 valence electrons. The third kappa shape index (κ3) is 8.14. The number of guanidine groups is 1. The minimum atomic E-state index is -0.995. The molecule has 0 spiro atoms. The van der Waals surface area contributed by atoms with E-state index in [1.54, 1.807) is 13.8 Å². The molecule has 1 amide bonds. The summed E-state index contributed by atoms with van der Waals surface area (Å²) in [5.41, 5.74) is 0. The van der Waals surface area contributed by atoms with Crippen LogP contribution in [0.5, 0.6) is 0 Å². The van der Waals surface area contributed by atoms with Crippen LogP contribution in [0.25, 0.3) is 0 Å². The molecule has 0 saturated heterocycles. The van der Waals surface area contributed by atoms with Gasteiger partial charge in [0.2, 0.25) is 5.96 Å². The number of nitrogens with zero attached hydrogens (tertiary/aromatic N) is 1. The highest BCUT2D eigenvalue weighted by Crippen LogP contribution is 2.28. The van der Waals surface area contributed by atoms with E-state index in [1.165, 1.54) is 11.9 Å². The molecule has 1 aliphatic carbocycles. The van der Waals surface area contributed by atoms with E-state index in [4.69, 9.17) is 14.9 Å². The Balaban J connectivity index is 2.32. The first kappa shape index (κ1) is 23.7. The van der Waals surface area contributed by atoms with Gasteiger partial charge >= 0.3 is 18.0 Å². The maximum Gasteiger partial charge on any atom is 0.413 e. The summed E-state index contributed by atoms with van der Waals surface area (Å²) in [6.07, 6.45) is 4.96. The van der Waals surface area contributed by atoms with Crippen LogP contribution in [0, 0.1) is 17.2 Å². The van der Waals surface area contributed by atoms with Crippen LogP contribution in [0.3, 0.4) is 0 Å². The Bertz CT molecular complexity index is 546. The Morgan fingerprint density at radius 1 is 1.11 bits per heavy atom. The third-order valence-corrected chi connectivity index (χ3v) is 4.83. The molecule has 0 radical (unpaired) electrons. The number of aliphatic carboxylic acids is 1. The van der Waals surface area contributed by atoms with Crippen molar-refractivity contribution in [1.82, 2.24) is 10.2 Å². The van der Waals surface area contributed by atoms with Crippen LogP contribution in [0.2, 0.25) is 0 Å². The van der Waals surface area contributed by atoms with Crippen molar-refractivity contribution in [3.8, 4) is 0 Å². The highest BCUT2D eigenvalue weighted by molar-refractivity contribution is 5.94. The van der Waals surface area contributed by atoms with Crippen LogP contribution in [-0.2, 0) is 19.1 Å². The summed E-state index contributed by atoms with van der Waals surface area (Å²) in [6.45, 7) is 3.89. The van der Waals surface area contributed by atoms with Gasteiger partial charge in [0.25, 0.3) is 0 Å². The fourth-order valence-electron chi connectivity index (χ4n) is 3.20. The highest BCUT2D eigenvalue weighted by Gasteiger charge is 2.34. The number of carbonyl (C=O) groups excluding carboxylic acids is 2. The minimum absolute atomic E-state index is 0.0389. The molecule has 0 heterocycles. The van der Waals surface area contributed by atoms with Gasteiger partial charge in [0.05, 0.1) is 19.1 Å². The average Bonchev–Trinajstić information content (AvgIpc) is 2.64. The highest BCUT2D eigenvalue weighted by atomic mass is 16.5. The van der Waals surface area contributed by atoms with Gasteiger partial charge in [-0.3, -0.25) is 15.5 Å². The monoisotopic (exact) mass is 399 g/mol. The SMILES string of the molecule is CC(C)C(=O)OCCCCOC(=O)NC(=N)N(C)C(C(=O)O)C1CCCCC1. The van der Waals surface area contributed by atoms with E-state index in [-0.39, 0.29) is 37.0 Å². The standard InChI is InChI=1S/C19H33N3O6/c1-13(2)17(25)27-11-7-8-12-28-19(26)21-18(20)22(3)15(16(23)24)14-9-5-4-6-10-14/h13-15H,4-12H2,1-3H3,(H,23,24)(H2,20,21,26). The second kappa shape index (κ2) is 12.2. The Hall–Kier alpha value is -2.32. The summed E-state index contributed by atoms with van der Waals surface area (Å²) >= 11 is 0. The lowest BCUT2D eigenvalue weighted by molar-refractivity contribution is -0.147. The molecule has 0 bridgehead atoms. The van der Waals surface area contributed by atoms with Gasteiger partial charge in [-0.25, -0.2) is 9.59 Å². The number of esters is 1. The van der Waals surface area contributed by atoms with E-state index >= 15 is 0 Å². The topological polar surface area (TPSA) is 129 Å². The number of carbonyl (C=O) groups is 3. The molecule has 1 atom stereocenters. The number of rotatable bonds is 9. The van der Waals surface area contributed by atoms with Crippen molar-refractivity contribution in [3.63, 3.8) is 0 Å². The molecule has 0 aliphatic heterocycles. The zero-order chi connectivity index (χ0) is 21.1. The molecule has 1 saturated carbocycles. The predicted molar refractivity (Wildman–Crippen MR) is 103 cm³/mol. The number of alkyl carbamates (subject to hydrolysis) is 1. The molecule has 1 rings (SSSR count). The second-order valence-electron chi connectivity index (χ2n) is 7.43. The number of carboxylic acids is 1. The Kier molecular flexibility index (Phi) is 10.3. The average molecular weight is 399 g/mol. The first-order valence-corrected chi connectivity index (χ1v) is 9.88. The van der Waals surface area contributed by atoms with Crippen molar-refractivity contribution in [2.24, 2.45) is 11.8 Å². The zero-order valence-electron chi connectivity index (χ0n) is 17.0. The molecule has 0 aromatic heterocycles. The lowest BCUT2D eigenvalue weighted by Crippen LogP contribution is -2.52. The molecule has 1 unspecified atom stereocenters. The predicted octanol–water partition coefficient (Wildman–Crippen LogP) is 2.59. The van der Waals surface area contributed by atoms with E-state index in [0.29, 0.717) is 12.8 Å². The molecular weight excluding hydrogens is 366 g/mol. The summed E-state index contributed by atoms with van der Waals surface area (Å²) in [5.74, 6) is -1.77. The summed E-state index contributed by atoms with van der Waals surface area (Å²) in [6, 6.07) is -0.844. The smallest absolute Gasteiger partial charge is 0.413 e. The van der Waals surface area contributed by atoms with E-state index in [9.17, 15) is 19.5 Å². The van der Waals surface area contributed by atoms with Gasteiger partial charge in [-0.1, -0.05) is 33.1 Å². The molecule has 9 nitrogen and oxygen atoms in total. The number of hydrogen-bond acceptors (Lipinski definition) is 6. The van der Waals surface area contributed by atoms with Crippen LogP contribution in [0.15, 0.2) is 0 Å². The van der Waals surface area contributed by atoms with E-state index in [0.717, 1.165) is 32.1 Å². The summed E-state index contributed by atoms with van der Waals surface area (Å²) in [4.78, 5) is 36.1. The largest absolute Gasteiger partial charge is 0.480 e. The Morgan fingerprint density at radius 3 is 2.21 bits per heavy atom. The molecule has 28 heavy (non-hydrogen) atoms. The van der Waals surface area contributed by atoms with Crippen molar-refractivity contribution < 1.29 is 29.0 Å². The molecule has 1 fully saturated rings. The molecule has 0 aromatic rings. The fourth-order valence-corrected chi connectivity index (χ4v) is 3.20. The van der Waals surface area contributed by atoms with Gasteiger partial charge < -0.3 is 19.5 Å². The van der Waals surface area contributed by atoms with Crippen molar-refractivity contribution >= 4 is 24.0 Å². The van der Waals surface area contributed by atoms with E-state index < -0.39 is 18.1 Å². The Labute approximate surface area is 166 Å². The molecule has 1 aliphatic rings. The maximum absolute atomic E-state index is 11.8. The number of hydrogen-bond donors (Lipinski definition) is 3. The number of amides is 1. The van der Waals surface area contributed by atoms with Gasteiger partial charge in [0.1, 0.15) is 6.04 Å². The minimum Gasteiger partial charge on any atom is -0.480 e. The van der Waals surface area contributed by atoms with Crippen molar-refractivity contribution in [1.29, 1.82) is 5.41 Å². The van der Waals surface area contributed by atoms with E-state index in [2.05, 4.69) is 5.32 Å². The zero-order valence-corrected chi connectivity index (χ0v) is 17.0. The number of nitrogens with one attached hydrogen (secondary N) is 2. The van der Waals surface area contributed by atoms with Crippen molar-refractivity contribution in [2.45, 2.75) is 64.8 Å². The summed E-state index contributed by atoms with van der Waals surface area (Å²) < 4.78 is 10.0. The van der Waals surface area contributed by atoms with Gasteiger partial charge in [-0.15, -0.1) is 0 Å². The van der Waals surface area contributed by atoms with Gasteiger partial charge in [0.15, 0.2) is 0 Å². The number of ether oxygens (including phenoxy) is 2. The fraction of sp³-hybridized carbons (Fsp3) is 0.789. The lowest BCUT2D eigenvalue weighted by Gasteiger charge is -2.34. The first-order valence-electron chi connectivity index (χ1n) is 9.88. The first-order chi connectivity index (χ1) is 13.2. The Morgan fingerprint density at radius 2 is 1.68 bits per heavy atom. The van der Waals surface area contributed by atoms with Crippen LogP contribution < -0.4 is 5.32 Å². The van der Waals surface area contributed by atoms with Crippen molar-refractivity contribution in [3.05, 3.63) is 0 Å². The summed E-state index contributed by atoms with van der Waals surface area (Å²) in [7, 11) is 1.50. The number of carboxylic acid groups (broad SMARTS) is 1. The second-order valence-corrected chi connectivity index (χ2v) is 7.43. The number of unbranched alkanes of at least 4 members (excludes halogenated alkanes) is 1. The molecule has 9 heteroatoms. The van der Waals surface area contributed by atoms with Crippen LogP contribution in [0.1, 0.15) is 58.8 Å². The van der Waals surface area contributed by atoms with Crippen LogP contribution in [0.4, 0.5) is 4.79 Å². The normalized spacial score (nSPS) is 15.6. The maximum atomic E-state index is 11.8. The quantitative estimate of drug-likeness (QED) is 0.235. The van der Waals surface area contributed by atoms with E-state index in [1.807, 2.05) is 0 Å².